The first-order valence-electron chi connectivity index (χ1n) is 5.20. The van der Waals surface area contributed by atoms with E-state index in [9.17, 15) is 4.79 Å². The Morgan fingerprint density at radius 1 is 1.35 bits per heavy atom. The molecule has 0 aliphatic heterocycles. The van der Waals surface area contributed by atoms with Gasteiger partial charge in [0.05, 0.1) is 4.88 Å². The third kappa shape index (κ3) is 2.70. The molecule has 0 aliphatic carbocycles. The van der Waals surface area contributed by atoms with Crippen molar-refractivity contribution in [3.63, 3.8) is 0 Å². The lowest BCUT2D eigenvalue weighted by atomic mass is 10.2. The van der Waals surface area contributed by atoms with Crippen molar-refractivity contribution in [1.82, 2.24) is 0 Å². The molecule has 4 heteroatoms. The minimum atomic E-state index is 0.000833. The quantitative estimate of drug-likeness (QED) is 0.821. The molecule has 0 N–H and O–H groups in total. The van der Waals surface area contributed by atoms with Crippen LogP contribution in [0.4, 0.5) is 5.69 Å². The third-order valence-corrected chi connectivity index (χ3v) is 3.84. The molecule has 0 saturated carbocycles. The molecule has 2 nitrogen and oxygen atoms in total. The maximum absolute atomic E-state index is 12.2. The van der Waals surface area contributed by atoms with Crippen molar-refractivity contribution >= 4 is 35.6 Å². The van der Waals surface area contributed by atoms with Crippen LogP contribution in [0.25, 0.3) is 0 Å². The van der Waals surface area contributed by atoms with E-state index in [0.717, 1.165) is 16.1 Å². The van der Waals surface area contributed by atoms with Gasteiger partial charge in [-0.25, -0.2) is 0 Å². The number of nitrogens with zero attached hydrogens (tertiary/aromatic N) is 1. The number of anilines is 1. The smallest absolute Gasteiger partial charge is 0.268 e. The van der Waals surface area contributed by atoms with Gasteiger partial charge in [-0.3, -0.25) is 4.79 Å². The number of carbonyl (C=O) groups is 1. The van der Waals surface area contributed by atoms with Gasteiger partial charge in [-0.2, -0.15) is 0 Å². The topological polar surface area (TPSA) is 20.3 Å². The minimum absolute atomic E-state index is 0.000833. The predicted octanol–water partition coefficient (Wildman–Crippen LogP) is 3.62. The van der Waals surface area contributed by atoms with E-state index in [1.54, 1.807) is 18.0 Å². The van der Waals surface area contributed by atoms with Crippen LogP contribution in [0.1, 0.15) is 15.2 Å². The summed E-state index contributed by atoms with van der Waals surface area (Å²) in [5.74, 6) is 0.000833. The molecule has 2 aromatic rings. The zero-order valence-corrected chi connectivity index (χ0v) is 11.4. The highest BCUT2D eigenvalue weighted by atomic mass is 32.1. The lowest BCUT2D eigenvalue weighted by Crippen LogP contribution is -2.25. The summed E-state index contributed by atoms with van der Waals surface area (Å²) in [6.07, 6.45) is 0. The molecular weight excluding hydrogens is 250 g/mol. The average molecular weight is 263 g/mol. The lowest BCUT2D eigenvalue weighted by molar-refractivity contribution is 0.0997. The highest BCUT2D eigenvalue weighted by Gasteiger charge is 2.15. The molecule has 88 valence electrons. The van der Waals surface area contributed by atoms with Crippen molar-refractivity contribution < 1.29 is 4.79 Å². The molecule has 0 saturated heterocycles. The van der Waals surface area contributed by atoms with Gasteiger partial charge in [0.15, 0.2) is 0 Å². The zero-order chi connectivity index (χ0) is 12.4. The van der Waals surface area contributed by atoms with Crippen LogP contribution in [0.15, 0.2) is 40.6 Å². The maximum atomic E-state index is 12.2. The van der Waals surface area contributed by atoms with Crippen LogP contribution in [0.5, 0.6) is 0 Å². The highest BCUT2D eigenvalue weighted by molar-refractivity contribution is 7.80. The Labute approximate surface area is 110 Å². The van der Waals surface area contributed by atoms with Crippen molar-refractivity contribution in [2.24, 2.45) is 0 Å². The molecule has 0 fully saturated rings. The number of hydrogen-bond donors (Lipinski definition) is 1. The van der Waals surface area contributed by atoms with Crippen molar-refractivity contribution in [3.05, 3.63) is 46.2 Å². The second kappa shape index (κ2) is 4.94. The third-order valence-electron chi connectivity index (χ3n) is 2.49. The van der Waals surface area contributed by atoms with Gasteiger partial charge in [0.25, 0.3) is 5.91 Å². The van der Waals surface area contributed by atoms with E-state index in [1.165, 1.54) is 11.3 Å². The van der Waals surface area contributed by atoms with Gasteiger partial charge in [0, 0.05) is 23.0 Å². The molecule has 0 radical (unpaired) electrons. The van der Waals surface area contributed by atoms with E-state index in [2.05, 4.69) is 12.6 Å². The van der Waals surface area contributed by atoms with Crippen LogP contribution in [-0.2, 0) is 0 Å². The van der Waals surface area contributed by atoms with Crippen LogP contribution in [-0.4, -0.2) is 13.0 Å². The Balaban J connectivity index is 2.26. The molecule has 17 heavy (non-hydrogen) atoms. The van der Waals surface area contributed by atoms with Gasteiger partial charge in [-0.1, -0.05) is 12.1 Å². The van der Waals surface area contributed by atoms with Gasteiger partial charge in [0.2, 0.25) is 0 Å². The van der Waals surface area contributed by atoms with Gasteiger partial charge >= 0.3 is 0 Å². The summed E-state index contributed by atoms with van der Waals surface area (Å²) in [5.41, 5.74) is 2.05. The van der Waals surface area contributed by atoms with Gasteiger partial charge < -0.3 is 4.90 Å². The van der Waals surface area contributed by atoms with E-state index in [1.807, 2.05) is 36.6 Å². The van der Waals surface area contributed by atoms with Gasteiger partial charge in [-0.05, 0) is 30.7 Å². The normalized spacial score (nSPS) is 10.3. The number of benzene rings is 1. The summed E-state index contributed by atoms with van der Waals surface area (Å²) in [5, 5.41) is 1.86. The number of hydrogen-bond acceptors (Lipinski definition) is 3. The van der Waals surface area contributed by atoms with Gasteiger partial charge in [-0.15, -0.1) is 24.0 Å². The Bertz CT molecular complexity index is 548. The lowest BCUT2D eigenvalue weighted by Gasteiger charge is -2.16. The standard InChI is InChI=1S/C13H13NOS2/c1-9-4-3-5-10(6-9)14(2)13(15)12-7-11(16)8-17-12/h3-8,16H,1-2H3. The Hall–Kier alpha value is -1.26. The van der Waals surface area contributed by atoms with Crippen LogP contribution in [0, 0.1) is 6.92 Å². The second-order valence-electron chi connectivity index (χ2n) is 3.87. The molecule has 0 bridgehead atoms. The van der Waals surface area contributed by atoms with Crippen molar-refractivity contribution in [2.75, 3.05) is 11.9 Å². The summed E-state index contributed by atoms with van der Waals surface area (Å²) in [7, 11) is 1.79. The number of amides is 1. The summed E-state index contributed by atoms with van der Waals surface area (Å²) in [6, 6.07) is 9.68. The van der Waals surface area contributed by atoms with Crippen LogP contribution in [0.3, 0.4) is 0 Å². The molecule has 0 unspecified atom stereocenters. The number of carbonyl (C=O) groups excluding carboxylic acids is 1. The fourth-order valence-electron chi connectivity index (χ4n) is 1.56. The Kier molecular flexibility index (Phi) is 3.54. The molecule has 1 aromatic heterocycles. The number of aryl methyl sites for hydroxylation is 1. The van der Waals surface area contributed by atoms with Crippen molar-refractivity contribution in [3.8, 4) is 0 Å². The number of thiol groups is 1. The first-order chi connectivity index (χ1) is 8.08. The van der Waals surface area contributed by atoms with Crippen LogP contribution < -0.4 is 4.90 Å². The van der Waals surface area contributed by atoms with Crippen LogP contribution in [0.2, 0.25) is 0 Å². The SMILES string of the molecule is Cc1cccc(N(C)C(=O)c2cc(S)cs2)c1. The van der Waals surface area contributed by atoms with Crippen molar-refractivity contribution in [2.45, 2.75) is 11.8 Å². The molecule has 2 rings (SSSR count). The highest BCUT2D eigenvalue weighted by Crippen LogP contribution is 2.22. The second-order valence-corrected chi connectivity index (χ2v) is 5.30. The molecule has 1 heterocycles. The Morgan fingerprint density at radius 3 is 2.71 bits per heavy atom. The monoisotopic (exact) mass is 263 g/mol. The van der Waals surface area contributed by atoms with E-state index >= 15 is 0 Å². The summed E-state index contributed by atoms with van der Waals surface area (Å²) in [4.78, 5) is 15.4. The molecule has 0 atom stereocenters. The summed E-state index contributed by atoms with van der Waals surface area (Å²) < 4.78 is 0. The molecule has 1 aromatic carbocycles. The van der Waals surface area contributed by atoms with E-state index < -0.39 is 0 Å². The number of rotatable bonds is 2. The van der Waals surface area contributed by atoms with E-state index in [4.69, 9.17) is 0 Å². The average Bonchev–Trinajstić information content (AvgIpc) is 2.74. The minimum Gasteiger partial charge on any atom is -0.311 e. The first kappa shape index (κ1) is 12.2. The molecular formula is C13H13NOS2. The van der Waals surface area contributed by atoms with Crippen LogP contribution >= 0.6 is 24.0 Å². The first-order valence-corrected chi connectivity index (χ1v) is 6.53. The van der Waals surface area contributed by atoms with E-state index in [-0.39, 0.29) is 5.91 Å². The fourth-order valence-corrected chi connectivity index (χ4v) is 2.68. The largest absolute Gasteiger partial charge is 0.311 e. The predicted molar refractivity (Wildman–Crippen MR) is 75.5 cm³/mol. The number of thiophene rings is 1. The van der Waals surface area contributed by atoms with E-state index in [0.29, 0.717) is 4.88 Å². The van der Waals surface area contributed by atoms with Gasteiger partial charge in [0.1, 0.15) is 0 Å². The molecule has 1 amide bonds. The molecule has 0 aliphatic rings. The summed E-state index contributed by atoms with van der Waals surface area (Å²) in [6.45, 7) is 2.01. The zero-order valence-electron chi connectivity index (χ0n) is 9.68. The maximum Gasteiger partial charge on any atom is 0.268 e. The fraction of sp³-hybridized carbons (Fsp3) is 0.154. The Morgan fingerprint density at radius 2 is 2.12 bits per heavy atom. The van der Waals surface area contributed by atoms with Crippen molar-refractivity contribution in [1.29, 1.82) is 0 Å². The molecule has 0 spiro atoms. The summed E-state index contributed by atoms with van der Waals surface area (Å²) >= 11 is 5.63.